The number of hydrogen-bond acceptors (Lipinski definition) is 2. The number of rotatable bonds is 6. The van der Waals surface area contributed by atoms with Crippen LogP contribution < -0.4 is 5.32 Å². The molecule has 2 aromatic rings. The molecule has 1 aromatic heterocycles. The molecule has 22 heavy (non-hydrogen) atoms. The van der Waals surface area contributed by atoms with Gasteiger partial charge in [-0.2, -0.15) is 0 Å². The predicted octanol–water partition coefficient (Wildman–Crippen LogP) is 1.36. The van der Waals surface area contributed by atoms with E-state index in [0.717, 1.165) is 26.1 Å². The molecule has 0 aliphatic carbocycles. The molecule has 3 N–H and O–H groups in total. The molecular weight excluding hydrogens is 276 g/mol. The summed E-state index contributed by atoms with van der Waals surface area (Å²) >= 11 is 0. The van der Waals surface area contributed by atoms with Crippen LogP contribution in [0, 0.1) is 13.8 Å². The predicted molar refractivity (Wildman–Crippen MR) is 88.1 cm³/mol. The Labute approximate surface area is 132 Å². The topological polar surface area (TPSA) is 51.0 Å². The van der Waals surface area contributed by atoms with E-state index in [-0.39, 0.29) is 6.10 Å². The van der Waals surface area contributed by atoms with Crippen LogP contribution in [0.5, 0.6) is 0 Å². The van der Waals surface area contributed by atoms with Crippen LogP contribution in [-0.4, -0.2) is 41.6 Å². The zero-order chi connectivity index (χ0) is 15.5. The largest absolute Gasteiger partial charge is 0.385 e. The summed E-state index contributed by atoms with van der Waals surface area (Å²) < 4.78 is 7.86. The van der Waals surface area contributed by atoms with Crippen molar-refractivity contribution in [2.24, 2.45) is 0 Å². The van der Waals surface area contributed by atoms with E-state index in [2.05, 4.69) is 48.0 Å². The summed E-state index contributed by atoms with van der Waals surface area (Å²) in [6.45, 7) is 7.53. The number of aliphatic hydroxyl groups is 1. The Balaban J connectivity index is 1.61. The maximum Gasteiger partial charge on any atom is 0.121 e. The minimum atomic E-state index is -0.338. The maximum absolute atomic E-state index is 10.4. The Bertz CT molecular complexity index is 629. The van der Waals surface area contributed by atoms with Gasteiger partial charge in [0.05, 0.1) is 6.54 Å². The highest BCUT2D eigenvalue weighted by Gasteiger charge is 2.19. The highest BCUT2D eigenvalue weighted by atomic mass is 16.5. The molecule has 0 bridgehead atoms. The minimum Gasteiger partial charge on any atom is -0.385 e. The van der Waals surface area contributed by atoms with Gasteiger partial charge in [0.25, 0.3) is 0 Å². The van der Waals surface area contributed by atoms with E-state index >= 15 is 0 Å². The van der Waals surface area contributed by atoms with E-state index < -0.39 is 0 Å². The number of aryl methyl sites for hydroxylation is 1. The number of quaternary nitrogens is 1. The molecule has 1 fully saturated rings. The van der Waals surface area contributed by atoms with Gasteiger partial charge in [0, 0.05) is 23.2 Å². The molecule has 4 heteroatoms. The first-order valence-electron chi connectivity index (χ1n) is 8.32. The molecule has 1 aliphatic heterocycles. The van der Waals surface area contributed by atoms with Crippen LogP contribution in [-0.2, 0) is 11.3 Å². The molecule has 0 saturated carbocycles. The van der Waals surface area contributed by atoms with Crippen LogP contribution in [0.4, 0.5) is 0 Å². The Morgan fingerprint density at radius 1 is 1.36 bits per heavy atom. The zero-order valence-electron chi connectivity index (χ0n) is 13.6. The third-order valence-electron chi connectivity index (χ3n) is 4.83. The maximum atomic E-state index is 10.4. The number of nitrogens with zero attached hydrogens (tertiary/aromatic N) is 1. The fourth-order valence-electron chi connectivity index (χ4n) is 3.43. The fraction of sp³-hybridized carbons (Fsp3) is 0.556. The molecule has 0 spiro atoms. The first-order valence-corrected chi connectivity index (χ1v) is 8.32. The lowest BCUT2D eigenvalue weighted by Gasteiger charge is -2.15. The number of benzene rings is 1. The van der Waals surface area contributed by atoms with E-state index in [0.29, 0.717) is 12.6 Å². The van der Waals surface area contributed by atoms with E-state index in [1.807, 2.05) is 0 Å². The number of nitrogens with two attached hydrogens (primary N) is 1. The zero-order valence-corrected chi connectivity index (χ0v) is 13.6. The fourth-order valence-corrected chi connectivity index (χ4v) is 3.43. The summed E-state index contributed by atoms with van der Waals surface area (Å²) in [5.41, 5.74) is 3.78. The molecule has 3 rings (SSSR count). The second-order valence-corrected chi connectivity index (χ2v) is 6.39. The summed E-state index contributed by atoms with van der Waals surface area (Å²) in [6, 6.07) is 8.43. The van der Waals surface area contributed by atoms with Crippen molar-refractivity contribution in [3.63, 3.8) is 0 Å². The normalized spacial score (nSPS) is 19.9. The molecule has 2 heterocycles. The van der Waals surface area contributed by atoms with Crippen molar-refractivity contribution >= 4 is 10.9 Å². The van der Waals surface area contributed by atoms with Crippen LogP contribution >= 0.6 is 0 Å². The summed E-state index contributed by atoms with van der Waals surface area (Å²) in [5, 5.41) is 13.9. The lowest BCUT2D eigenvalue weighted by Crippen LogP contribution is -2.88. The lowest BCUT2D eigenvalue weighted by molar-refractivity contribution is -0.666. The third-order valence-corrected chi connectivity index (χ3v) is 4.83. The number of fused-ring (bicyclic) bond motifs is 1. The molecule has 0 amide bonds. The second kappa shape index (κ2) is 6.82. The van der Waals surface area contributed by atoms with Gasteiger partial charge in [-0.3, -0.25) is 0 Å². The van der Waals surface area contributed by atoms with Crippen molar-refractivity contribution in [3.05, 3.63) is 35.5 Å². The molecule has 2 atom stereocenters. The molecule has 0 unspecified atom stereocenters. The van der Waals surface area contributed by atoms with Crippen molar-refractivity contribution in [1.29, 1.82) is 0 Å². The smallest absolute Gasteiger partial charge is 0.121 e. The van der Waals surface area contributed by atoms with Crippen LogP contribution in [0.1, 0.15) is 24.1 Å². The first kappa shape index (κ1) is 15.5. The van der Waals surface area contributed by atoms with Crippen molar-refractivity contribution in [1.82, 2.24) is 4.57 Å². The van der Waals surface area contributed by atoms with E-state index in [4.69, 9.17) is 4.74 Å². The van der Waals surface area contributed by atoms with E-state index in [1.165, 1.54) is 28.6 Å². The van der Waals surface area contributed by atoms with Gasteiger partial charge in [0.1, 0.15) is 25.3 Å². The van der Waals surface area contributed by atoms with Crippen molar-refractivity contribution in [2.75, 3.05) is 19.7 Å². The Morgan fingerprint density at radius 3 is 2.95 bits per heavy atom. The summed E-state index contributed by atoms with van der Waals surface area (Å²) in [6.07, 6.45) is 2.38. The SMILES string of the molecule is Cc1c(C)n(C[C@H](O)C[NH2+]C[C@H]2CCCO2)c2ccccc12. The highest BCUT2D eigenvalue weighted by Crippen LogP contribution is 2.24. The monoisotopic (exact) mass is 303 g/mol. The van der Waals surface area contributed by atoms with Crippen LogP contribution in [0.2, 0.25) is 0 Å². The Hall–Kier alpha value is -1.36. The van der Waals surface area contributed by atoms with Crippen LogP contribution in [0.15, 0.2) is 24.3 Å². The van der Waals surface area contributed by atoms with Gasteiger partial charge < -0.3 is 19.7 Å². The second-order valence-electron chi connectivity index (χ2n) is 6.39. The first-order chi connectivity index (χ1) is 10.7. The van der Waals surface area contributed by atoms with Gasteiger partial charge in [-0.15, -0.1) is 0 Å². The summed E-state index contributed by atoms with van der Waals surface area (Å²) in [7, 11) is 0. The van der Waals surface area contributed by atoms with Gasteiger partial charge >= 0.3 is 0 Å². The van der Waals surface area contributed by atoms with Gasteiger partial charge in [0.15, 0.2) is 0 Å². The number of ether oxygens (including phenoxy) is 1. The van der Waals surface area contributed by atoms with E-state index in [1.54, 1.807) is 0 Å². The number of hydrogen-bond donors (Lipinski definition) is 2. The van der Waals surface area contributed by atoms with Gasteiger partial charge in [-0.25, -0.2) is 0 Å². The van der Waals surface area contributed by atoms with Crippen molar-refractivity contribution in [3.8, 4) is 0 Å². The molecule has 1 aromatic carbocycles. The Morgan fingerprint density at radius 2 is 2.18 bits per heavy atom. The average molecular weight is 303 g/mol. The molecule has 1 aliphatic rings. The Kier molecular flexibility index (Phi) is 4.81. The van der Waals surface area contributed by atoms with E-state index in [9.17, 15) is 5.11 Å². The minimum absolute atomic E-state index is 0.338. The lowest BCUT2D eigenvalue weighted by atomic mass is 10.2. The molecule has 0 radical (unpaired) electrons. The number of aliphatic hydroxyl groups excluding tert-OH is 1. The summed E-state index contributed by atoms with van der Waals surface area (Å²) in [4.78, 5) is 0. The van der Waals surface area contributed by atoms with Crippen LogP contribution in [0.25, 0.3) is 10.9 Å². The third kappa shape index (κ3) is 3.19. The van der Waals surface area contributed by atoms with Crippen molar-refractivity contribution in [2.45, 2.75) is 45.4 Å². The summed E-state index contributed by atoms with van der Waals surface area (Å²) in [5.74, 6) is 0. The van der Waals surface area contributed by atoms with Crippen LogP contribution in [0.3, 0.4) is 0 Å². The van der Waals surface area contributed by atoms with Gasteiger partial charge in [0.2, 0.25) is 0 Å². The molecule has 4 nitrogen and oxygen atoms in total. The van der Waals surface area contributed by atoms with Crippen molar-refractivity contribution < 1.29 is 15.2 Å². The molecular formula is C18H27N2O2+. The molecule has 1 saturated heterocycles. The number of para-hydroxylation sites is 1. The highest BCUT2D eigenvalue weighted by molar-refractivity contribution is 5.85. The number of aromatic nitrogens is 1. The quantitative estimate of drug-likeness (QED) is 0.846. The van der Waals surface area contributed by atoms with Gasteiger partial charge in [-0.1, -0.05) is 18.2 Å². The molecule has 120 valence electrons. The standard InChI is InChI=1S/C18H26N2O2/c1-13-14(2)20(18-8-4-3-7-17(13)18)12-15(21)10-19-11-16-6-5-9-22-16/h3-4,7-8,15-16,19,21H,5-6,9-12H2,1-2H3/p+1/t15-,16-/m1/s1. The average Bonchev–Trinajstić information content (AvgIpc) is 3.11. The van der Waals surface area contributed by atoms with Gasteiger partial charge in [-0.05, 0) is 38.3 Å².